The molecule has 1 N–H and O–H groups in total. The molecule has 0 bridgehead atoms. The number of allylic oxidation sites excluding steroid dienone is 1. The normalized spacial score (nSPS) is 15.9. The fourth-order valence-corrected chi connectivity index (χ4v) is 4.03. The Morgan fingerprint density at radius 2 is 1.74 bits per heavy atom. The van der Waals surface area contributed by atoms with Crippen molar-refractivity contribution in [2.75, 3.05) is 0 Å². The summed E-state index contributed by atoms with van der Waals surface area (Å²) >= 11 is 0. The van der Waals surface area contributed by atoms with Crippen LogP contribution in [0.15, 0.2) is 83.0 Å². The summed E-state index contributed by atoms with van der Waals surface area (Å²) in [5, 5.41) is 6.86. The SMILES string of the molecule is CC1=C(c2nc(-c3cccc(F)c3)no2)C(c2ccc(F)cc2)NC(=O)N1Cc1ccccc1F. The van der Waals surface area contributed by atoms with Crippen molar-refractivity contribution >= 4 is 11.6 Å². The molecule has 5 rings (SSSR count). The molecule has 0 saturated heterocycles. The lowest BCUT2D eigenvalue weighted by Gasteiger charge is -2.35. The standard InChI is InChI=1S/C26H19F3N4O2/c1-15-22(25-31-24(32-35-25)17-6-4-7-20(28)13-17)23(16-9-11-19(27)12-10-16)30-26(34)33(15)14-18-5-2-3-8-21(18)29/h2-13,23H,14H2,1H3,(H,30,34). The smallest absolute Gasteiger partial charge is 0.322 e. The first kappa shape index (κ1) is 22.4. The van der Waals surface area contributed by atoms with E-state index >= 15 is 0 Å². The topological polar surface area (TPSA) is 71.3 Å². The van der Waals surface area contributed by atoms with E-state index in [1.54, 1.807) is 43.3 Å². The van der Waals surface area contributed by atoms with E-state index in [1.807, 2.05) is 0 Å². The van der Waals surface area contributed by atoms with Crippen molar-refractivity contribution in [3.63, 3.8) is 0 Å². The van der Waals surface area contributed by atoms with Crippen molar-refractivity contribution in [3.8, 4) is 11.4 Å². The molecule has 1 aliphatic heterocycles. The van der Waals surface area contributed by atoms with Crippen LogP contribution in [0.1, 0.15) is 30.0 Å². The molecule has 6 nitrogen and oxygen atoms in total. The minimum atomic E-state index is -0.735. The molecule has 0 spiro atoms. The van der Waals surface area contributed by atoms with Gasteiger partial charge in [-0.25, -0.2) is 18.0 Å². The maximum absolute atomic E-state index is 14.3. The van der Waals surface area contributed by atoms with Crippen LogP contribution >= 0.6 is 0 Å². The number of nitrogens with one attached hydrogen (secondary N) is 1. The number of carbonyl (C=O) groups is 1. The predicted octanol–water partition coefficient (Wildman–Crippen LogP) is 5.85. The molecule has 3 aromatic carbocycles. The lowest BCUT2D eigenvalue weighted by atomic mass is 9.94. The first-order valence-electron chi connectivity index (χ1n) is 10.8. The maximum atomic E-state index is 14.3. The first-order chi connectivity index (χ1) is 16.9. The molecule has 1 atom stereocenters. The highest BCUT2D eigenvalue weighted by Gasteiger charge is 2.36. The molecule has 1 aliphatic rings. The number of benzene rings is 3. The number of amides is 2. The third-order valence-electron chi connectivity index (χ3n) is 5.83. The summed E-state index contributed by atoms with van der Waals surface area (Å²) in [6.45, 7) is 1.66. The largest absolute Gasteiger partial charge is 0.334 e. The Balaban J connectivity index is 1.61. The Morgan fingerprint density at radius 3 is 2.49 bits per heavy atom. The number of rotatable bonds is 5. The molecule has 35 heavy (non-hydrogen) atoms. The predicted molar refractivity (Wildman–Crippen MR) is 122 cm³/mol. The summed E-state index contributed by atoms with van der Waals surface area (Å²) in [6.07, 6.45) is 0. The zero-order valence-corrected chi connectivity index (χ0v) is 18.5. The zero-order chi connectivity index (χ0) is 24.5. The van der Waals surface area contributed by atoms with Gasteiger partial charge in [0, 0.05) is 16.8 Å². The molecule has 4 aromatic rings. The van der Waals surface area contributed by atoms with Crippen LogP contribution in [0.2, 0.25) is 0 Å². The second-order valence-corrected chi connectivity index (χ2v) is 8.04. The molecule has 2 amide bonds. The van der Waals surface area contributed by atoms with Gasteiger partial charge in [0.05, 0.1) is 18.2 Å². The number of urea groups is 1. The molecule has 0 fully saturated rings. The Hall–Kier alpha value is -4.40. The number of halogens is 3. The van der Waals surface area contributed by atoms with E-state index in [2.05, 4.69) is 15.5 Å². The fourth-order valence-electron chi connectivity index (χ4n) is 4.03. The number of nitrogens with zero attached hydrogens (tertiary/aromatic N) is 3. The van der Waals surface area contributed by atoms with Crippen LogP contribution in [0.4, 0.5) is 18.0 Å². The summed E-state index contributed by atoms with van der Waals surface area (Å²) in [6, 6.07) is 16.4. The van der Waals surface area contributed by atoms with Crippen molar-refractivity contribution in [1.82, 2.24) is 20.4 Å². The molecule has 1 unspecified atom stereocenters. The van der Waals surface area contributed by atoms with Gasteiger partial charge in [0.25, 0.3) is 5.89 Å². The summed E-state index contributed by atoms with van der Waals surface area (Å²) in [5.74, 6) is -1.06. The van der Waals surface area contributed by atoms with Crippen LogP contribution in [0.25, 0.3) is 17.0 Å². The van der Waals surface area contributed by atoms with E-state index in [0.29, 0.717) is 28.0 Å². The highest BCUT2D eigenvalue weighted by molar-refractivity contribution is 5.86. The lowest BCUT2D eigenvalue weighted by Crippen LogP contribution is -2.45. The Kier molecular flexibility index (Phi) is 5.82. The Labute approximate surface area is 198 Å². The van der Waals surface area contributed by atoms with Crippen LogP contribution in [-0.4, -0.2) is 21.1 Å². The van der Waals surface area contributed by atoms with Crippen LogP contribution in [-0.2, 0) is 6.54 Å². The second-order valence-electron chi connectivity index (χ2n) is 8.04. The number of hydrogen-bond donors (Lipinski definition) is 1. The minimum absolute atomic E-state index is 0.0329. The van der Waals surface area contributed by atoms with Crippen molar-refractivity contribution in [3.05, 3.63) is 113 Å². The average molecular weight is 476 g/mol. The van der Waals surface area contributed by atoms with Crippen LogP contribution in [0, 0.1) is 17.5 Å². The zero-order valence-electron chi connectivity index (χ0n) is 18.5. The van der Waals surface area contributed by atoms with E-state index in [4.69, 9.17) is 4.52 Å². The maximum Gasteiger partial charge on any atom is 0.322 e. The summed E-state index contributed by atoms with van der Waals surface area (Å²) in [5.41, 5.74) is 2.25. The van der Waals surface area contributed by atoms with Gasteiger partial charge in [0.1, 0.15) is 17.5 Å². The summed E-state index contributed by atoms with van der Waals surface area (Å²) in [4.78, 5) is 18.9. The Bertz CT molecular complexity index is 1430. The number of aromatic nitrogens is 2. The third kappa shape index (κ3) is 4.40. The fraction of sp³-hybridized carbons (Fsp3) is 0.115. The molecule has 0 aliphatic carbocycles. The van der Waals surface area contributed by atoms with Gasteiger partial charge in [0.2, 0.25) is 5.82 Å². The van der Waals surface area contributed by atoms with Gasteiger partial charge in [-0.3, -0.25) is 4.90 Å². The van der Waals surface area contributed by atoms with Crippen molar-refractivity contribution in [2.24, 2.45) is 0 Å². The van der Waals surface area contributed by atoms with Gasteiger partial charge >= 0.3 is 6.03 Å². The minimum Gasteiger partial charge on any atom is -0.334 e. The lowest BCUT2D eigenvalue weighted by molar-refractivity contribution is 0.202. The molecule has 1 aromatic heterocycles. The van der Waals surface area contributed by atoms with Crippen LogP contribution < -0.4 is 5.32 Å². The molecule has 176 valence electrons. The molecule has 2 heterocycles. The van der Waals surface area contributed by atoms with Gasteiger partial charge in [-0.15, -0.1) is 0 Å². The second kappa shape index (κ2) is 9.09. The van der Waals surface area contributed by atoms with Crippen LogP contribution in [0.3, 0.4) is 0 Å². The average Bonchev–Trinajstić information content (AvgIpc) is 3.33. The van der Waals surface area contributed by atoms with Gasteiger partial charge < -0.3 is 9.84 Å². The summed E-state index contributed by atoms with van der Waals surface area (Å²) in [7, 11) is 0. The number of carbonyl (C=O) groups excluding carboxylic acids is 1. The molecular formula is C26H19F3N4O2. The van der Waals surface area contributed by atoms with Gasteiger partial charge in [-0.2, -0.15) is 4.98 Å². The number of hydrogen-bond acceptors (Lipinski definition) is 4. The van der Waals surface area contributed by atoms with Crippen molar-refractivity contribution < 1.29 is 22.5 Å². The highest BCUT2D eigenvalue weighted by Crippen LogP contribution is 2.38. The van der Waals surface area contributed by atoms with E-state index in [1.165, 1.54) is 41.3 Å². The van der Waals surface area contributed by atoms with E-state index in [9.17, 15) is 18.0 Å². The van der Waals surface area contributed by atoms with E-state index < -0.39 is 29.5 Å². The highest BCUT2D eigenvalue weighted by atomic mass is 19.1. The first-order valence-corrected chi connectivity index (χ1v) is 10.8. The van der Waals surface area contributed by atoms with E-state index in [0.717, 1.165) is 0 Å². The molecule has 0 saturated carbocycles. The van der Waals surface area contributed by atoms with Gasteiger partial charge in [-0.1, -0.05) is 47.6 Å². The van der Waals surface area contributed by atoms with Gasteiger partial charge in [0.15, 0.2) is 0 Å². The molecular weight excluding hydrogens is 457 g/mol. The third-order valence-corrected chi connectivity index (χ3v) is 5.83. The Morgan fingerprint density at radius 1 is 0.971 bits per heavy atom. The quantitative estimate of drug-likeness (QED) is 0.392. The monoisotopic (exact) mass is 476 g/mol. The molecule has 0 radical (unpaired) electrons. The van der Waals surface area contributed by atoms with Crippen LogP contribution in [0.5, 0.6) is 0 Å². The molecule has 9 heteroatoms. The van der Waals surface area contributed by atoms with Crippen molar-refractivity contribution in [1.29, 1.82) is 0 Å². The summed E-state index contributed by atoms with van der Waals surface area (Å²) < 4.78 is 47.2. The van der Waals surface area contributed by atoms with E-state index in [-0.39, 0.29) is 18.3 Å². The van der Waals surface area contributed by atoms with Crippen molar-refractivity contribution in [2.45, 2.75) is 19.5 Å². The van der Waals surface area contributed by atoms with Gasteiger partial charge in [-0.05, 0) is 42.8 Å².